The highest BCUT2D eigenvalue weighted by atomic mass is 15.1. The Morgan fingerprint density at radius 1 is 1.20 bits per heavy atom. The molecule has 3 heteroatoms. The number of pyridine rings is 1. The van der Waals surface area contributed by atoms with Gasteiger partial charge in [-0.3, -0.25) is 10.1 Å². The lowest BCUT2D eigenvalue weighted by atomic mass is 9.91. The quantitative estimate of drug-likeness (QED) is 0.717. The van der Waals surface area contributed by atoms with E-state index >= 15 is 0 Å². The highest BCUT2D eigenvalue weighted by molar-refractivity contribution is 5.77. The molecule has 2 heterocycles. The van der Waals surface area contributed by atoms with Crippen LogP contribution < -0.4 is 0 Å². The predicted molar refractivity (Wildman–Crippen MR) is 63.9 cm³/mol. The molecule has 0 aliphatic rings. The fourth-order valence-electron chi connectivity index (χ4n) is 1.37. The average molecular weight is 205 g/mol. The lowest BCUT2D eigenvalue weighted by Gasteiger charge is -2.15. The fourth-order valence-corrected chi connectivity index (χ4v) is 1.37. The Bertz CT molecular complexity index is 424. The van der Waals surface area contributed by atoms with E-state index in [9.17, 15) is 0 Å². The van der Waals surface area contributed by atoms with Gasteiger partial charge in [0.2, 0.25) is 0 Å². The van der Waals surface area contributed by atoms with Gasteiger partial charge in [0.1, 0.15) is 11.0 Å². The molecule has 0 amide bonds. The van der Waals surface area contributed by atoms with Crippen LogP contribution in [0.15, 0.2) is 18.3 Å². The SMILES string of the molecule is CC.CC(C)(C)c1[nH]nc2cccnc12. The van der Waals surface area contributed by atoms with Crippen LogP contribution in [-0.4, -0.2) is 15.2 Å². The van der Waals surface area contributed by atoms with Gasteiger partial charge in [0.25, 0.3) is 0 Å². The van der Waals surface area contributed by atoms with Gasteiger partial charge in [-0.15, -0.1) is 0 Å². The van der Waals surface area contributed by atoms with Crippen LogP contribution in [0.1, 0.15) is 40.3 Å². The van der Waals surface area contributed by atoms with Crippen LogP contribution in [-0.2, 0) is 5.41 Å². The first-order valence-electron chi connectivity index (χ1n) is 5.38. The van der Waals surface area contributed by atoms with Crippen LogP contribution in [0.4, 0.5) is 0 Å². The van der Waals surface area contributed by atoms with Crippen molar-refractivity contribution >= 4 is 11.0 Å². The number of nitrogens with one attached hydrogen (secondary N) is 1. The molecule has 0 aliphatic carbocycles. The van der Waals surface area contributed by atoms with Crippen LogP contribution in [0, 0.1) is 0 Å². The Hall–Kier alpha value is -1.38. The lowest BCUT2D eigenvalue weighted by molar-refractivity contribution is 0.570. The summed E-state index contributed by atoms with van der Waals surface area (Å²) in [6.07, 6.45) is 1.80. The maximum Gasteiger partial charge on any atom is 0.112 e. The molecule has 0 spiro atoms. The molecule has 0 bridgehead atoms. The number of aromatic amines is 1. The molecule has 2 aromatic rings. The predicted octanol–water partition coefficient (Wildman–Crippen LogP) is 3.28. The van der Waals surface area contributed by atoms with E-state index in [1.54, 1.807) is 6.20 Å². The standard InChI is InChI=1S/C10H13N3.C2H6/c1-10(2,3)9-8-7(12-13-9)5-4-6-11-8;1-2/h4-6H,1-3H3,(H,12,13);1-2H3. The van der Waals surface area contributed by atoms with Crippen molar-refractivity contribution in [2.24, 2.45) is 0 Å². The molecule has 0 saturated heterocycles. The topological polar surface area (TPSA) is 41.6 Å². The van der Waals surface area contributed by atoms with Crippen molar-refractivity contribution in [3.8, 4) is 0 Å². The highest BCUT2D eigenvalue weighted by Gasteiger charge is 2.19. The van der Waals surface area contributed by atoms with Crippen molar-refractivity contribution in [3.05, 3.63) is 24.0 Å². The number of aromatic nitrogens is 3. The lowest BCUT2D eigenvalue weighted by Crippen LogP contribution is -2.12. The van der Waals surface area contributed by atoms with Gasteiger partial charge in [0.05, 0.1) is 5.69 Å². The van der Waals surface area contributed by atoms with Crippen LogP contribution in [0.2, 0.25) is 0 Å². The van der Waals surface area contributed by atoms with Gasteiger partial charge >= 0.3 is 0 Å². The largest absolute Gasteiger partial charge is 0.279 e. The molecule has 15 heavy (non-hydrogen) atoms. The summed E-state index contributed by atoms with van der Waals surface area (Å²) >= 11 is 0. The average Bonchev–Trinajstić information content (AvgIpc) is 2.63. The molecule has 0 unspecified atom stereocenters. The van der Waals surface area contributed by atoms with Crippen molar-refractivity contribution in [2.45, 2.75) is 40.0 Å². The number of nitrogens with zero attached hydrogens (tertiary/aromatic N) is 2. The molecular formula is C12H19N3. The van der Waals surface area contributed by atoms with Crippen LogP contribution in [0.5, 0.6) is 0 Å². The summed E-state index contributed by atoms with van der Waals surface area (Å²) in [5.41, 5.74) is 3.09. The summed E-state index contributed by atoms with van der Waals surface area (Å²) in [5, 5.41) is 7.24. The van der Waals surface area contributed by atoms with E-state index in [1.807, 2.05) is 26.0 Å². The van der Waals surface area contributed by atoms with Gasteiger partial charge in [-0.05, 0) is 12.1 Å². The molecule has 3 nitrogen and oxygen atoms in total. The molecule has 2 aromatic heterocycles. The molecule has 2 rings (SSSR count). The molecule has 0 fully saturated rings. The molecule has 0 aliphatic heterocycles. The third kappa shape index (κ3) is 2.35. The summed E-state index contributed by atoms with van der Waals surface area (Å²) in [4.78, 5) is 4.31. The summed E-state index contributed by atoms with van der Waals surface area (Å²) in [6, 6.07) is 3.86. The van der Waals surface area contributed by atoms with Crippen molar-refractivity contribution in [1.29, 1.82) is 0 Å². The Balaban J connectivity index is 0.000000531. The van der Waals surface area contributed by atoms with Crippen LogP contribution in [0.3, 0.4) is 0 Å². The monoisotopic (exact) mass is 205 g/mol. The summed E-state index contributed by atoms with van der Waals surface area (Å²) in [6.45, 7) is 10.4. The van der Waals surface area contributed by atoms with E-state index in [-0.39, 0.29) is 5.41 Å². The number of hydrogen-bond donors (Lipinski definition) is 1. The second-order valence-electron chi connectivity index (χ2n) is 4.22. The Labute approximate surface area is 90.9 Å². The van der Waals surface area contributed by atoms with Crippen LogP contribution in [0.25, 0.3) is 11.0 Å². The molecule has 0 aromatic carbocycles. The molecule has 0 radical (unpaired) electrons. The van der Waals surface area contributed by atoms with Crippen molar-refractivity contribution in [1.82, 2.24) is 15.2 Å². The maximum atomic E-state index is 4.31. The first-order valence-corrected chi connectivity index (χ1v) is 5.38. The Kier molecular flexibility index (Phi) is 3.45. The summed E-state index contributed by atoms with van der Waals surface area (Å²) in [7, 11) is 0. The van der Waals surface area contributed by atoms with E-state index in [0.717, 1.165) is 16.7 Å². The zero-order valence-corrected chi connectivity index (χ0v) is 10.1. The van der Waals surface area contributed by atoms with Gasteiger partial charge in [0, 0.05) is 11.6 Å². The summed E-state index contributed by atoms with van der Waals surface area (Å²) < 4.78 is 0. The minimum absolute atomic E-state index is 0.0725. The van der Waals surface area contributed by atoms with E-state index in [0.29, 0.717) is 0 Å². The first kappa shape index (κ1) is 11.7. The highest BCUT2D eigenvalue weighted by Crippen LogP contribution is 2.25. The fraction of sp³-hybridized carbons (Fsp3) is 0.500. The zero-order chi connectivity index (χ0) is 11.5. The zero-order valence-electron chi connectivity index (χ0n) is 10.1. The van der Waals surface area contributed by atoms with Gasteiger partial charge in [0.15, 0.2) is 0 Å². The van der Waals surface area contributed by atoms with Crippen molar-refractivity contribution < 1.29 is 0 Å². The Morgan fingerprint density at radius 3 is 2.47 bits per heavy atom. The van der Waals surface area contributed by atoms with Crippen molar-refractivity contribution in [3.63, 3.8) is 0 Å². The third-order valence-corrected chi connectivity index (χ3v) is 2.06. The molecule has 82 valence electrons. The third-order valence-electron chi connectivity index (χ3n) is 2.06. The normalized spacial score (nSPS) is 11.0. The number of fused-ring (bicyclic) bond motifs is 1. The second-order valence-corrected chi connectivity index (χ2v) is 4.22. The van der Waals surface area contributed by atoms with E-state index in [2.05, 4.69) is 36.0 Å². The van der Waals surface area contributed by atoms with Gasteiger partial charge in [-0.2, -0.15) is 5.10 Å². The molecule has 0 saturated carbocycles. The van der Waals surface area contributed by atoms with Gasteiger partial charge in [-0.25, -0.2) is 0 Å². The molecule has 1 N–H and O–H groups in total. The number of H-pyrrole nitrogens is 1. The summed E-state index contributed by atoms with van der Waals surface area (Å²) in [5.74, 6) is 0. The van der Waals surface area contributed by atoms with E-state index < -0.39 is 0 Å². The Morgan fingerprint density at radius 2 is 1.87 bits per heavy atom. The van der Waals surface area contributed by atoms with Crippen LogP contribution >= 0.6 is 0 Å². The van der Waals surface area contributed by atoms with Crippen molar-refractivity contribution in [2.75, 3.05) is 0 Å². The van der Waals surface area contributed by atoms with Gasteiger partial charge < -0.3 is 0 Å². The molecular weight excluding hydrogens is 186 g/mol. The van der Waals surface area contributed by atoms with E-state index in [1.165, 1.54) is 0 Å². The minimum atomic E-state index is 0.0725. The maximum absolute atomic E-state index is 4.31. The molecule has 0 atom stereocenters. The smallest absolute Gasteiger partial charge is 0.112 e. The number of rotatable bonds is 0. The second kappa shape index (κ2) is 4.43. The van der Waals surface area contributed by atoms with E-state index in [4.69, 9.17) is 0 Å². The minimum Gasteiger partial charge on any atom is -0.279 e. The van der Waals surface area contributed by atoms with Gasteiger partial charge in [-0.1, -0.05) is 34.6 Å². The number of hydrogen-bond acceptors (Lipinski definition) is 2. The first-order chi connectivity index (χ1) is 7.09.